The number of nitrogen functional groups attached to an aromatic ring is 1. The van der Waals surface area contributed by atoms with Gasteiger partial charge in [-0.25, -0.2) is 0 Å². The number of nitrogens with two attached hydrogens (primary N) is 1. The number of benzene rings is 1. The van der Waals surface area contributed by atoms with E-state index in [-0.39, 0.29) is 0 Å². The van der Waals surface area contributed by atoms with E-state index in [1.54, 1.807) is 0 Å². The topological polar surface area (TPSA) is 50.1 Å². The van der Waals surface area contributed by atoms with Crippen molar-refractivity contribution in [1.82, 2.24) is 10.6 Å². The van der Waals surface area contributed by atoms with Gasteiger partial charge in [-0.2, -0.15) is 0 Å². The highest BCUT2D eigenvalue weighted by Crippen LogP contribution is 2.06. The summed E-state index contributed by atoms with van der Waals surface area (Å²) in [5.74, 6) is 0. The van der Waals surface area contributed by atoms with Crippen LogP contribution < -0.4 is 16.4 Å². The average molecular weight is 191 g/mol. The van der Waals surface area contributed by atoms with E-state index in [1.807, 2.05) is 12.1 Å². The minimum absolute atomic E-state index is 0.632. The van der Waals surface area contributed by atoms with Crippen molar-refractivity contribution in [2.75, 3.05) is 18.8 Å². The van der Waals surface area contributed by atoms with Crippen LogP contribution in [0.3, 0.4) is 0 Å². The largest absolute Gasteiger partial charge is 0.399 e. The van der Waals surface area contributed by atoms with E-state index in [0.717, 1.165) is 25.3 Å². The monoisotopic (exact) mass is 191 g/mol. The van der Waals surface area contributed by atoms with Gasteiger partial charge < -0.3 is 16.4 Å². The summed E-state index contributed by atoms with van der Waals surface area (Å²) in [6.45, 7) is 3.17. The van der Waals surface area contributed by atoms with Crippen LogP contribution in [0.15, 0.2) is 24.3 Å². The first-order chi connectivity index (χ1) is 6.84. The van der Waals surface area contributed by atoms with Gasteiger partial charge in [0.25, 0.3) is 0 Å². The maximum absolute atomic E-state index is 5.61. The van der Waals surface area contributed by atoms with Crippen LogP contribution in [0.1, 0.15) is 12.0 Å². The van der Waals surface area contributed by atoms with Crippen molar-refractivity contribution in [2.24, 2.45) is 0 Å². The molecule has 0 aromatic heterocycles. The molecule has 1 unspecified atom stereocenters. The molecule has 0 radical (unpaired) electrons. The molecule has 0 amide bonds. The Labute approximate surface area is 84.7 Å². The van der Waals surface area contributed by atoms with E-state index in [0.29, 0.717) is 6.04 Å². The lowest BCUT2D eigenvalue weighted by Crippen LogP contribution is -2.30. The molecule has 1 aliphatic heterocycles. The molecule has 0 spiro atoms. The summed E-state index contributed by atoms with van der Waals surface area (Å²) < 4.78 is 0. The molecule has 3 heteroatoms. The third-order valence-corrected chi connectivity index (χ3v) is 2.63. The molecule has 0 saturated carbocycles. The molecule has 1 atom stereocenters. The standard InChI is InChI=1S/C11H17N3/c12-10-3-1-9(2-4-10)7-14-11-5-6-13-8-11/h1-4,11,13-14H,5-8,12H2. The van der Waals surface area contributed by atoms with Crippen LogP contribution in [0.25, 0.3) is 0 Å². The van der Waals surface area contributed by atoms with Gasteiger partial charge in [-0.3, -0.25) is 0 Å². The van der Waals surface area contributed by atoms with Crippen LogP contribution in [0, 0.1) is 0 Å². The predicted molar refractivity (Wildman–Crippen MR) is 59.0 cm³/mol. The van der Waals surface area contributed by atoms with Crippen LogP contribution in [0.5, 0.6) is 0 Å². The highest BCUT2D eigenvalue weighted by atomic mass is 15.0. The Morgan fingerprint density at radius 1 is 1.36 bits per heavy atom. The SMILES string of the molecule is Nc1ccc(CNC2CCNC2)cc1. The van der Waals surface area contributed by atoms with E-state index < -0.39 is 0 Å². The Morgan fingerprint density at radius 2 is 2.14 bits per heavy atom. The molecule has 0 bridgehead atoms. The molecule has 1 aliphatic rings. The Kier molecular flexibility index (Phi) is 3.01. The zero-order chi connectivity index (χ0) is 9.80. The van der Waals surface area contributed by atoms with E-state index in [4.69, 9.17) is 5.73 Å². The fourth-order valence-corrected chi connectivity index (χ4v) is 1.73. The van der Waals surface area contributed by atoms with Gasteiger partial charge in [0.2, 0.25) is 0 Å². The van der Waals surface area contributed by atoms with Gasteiger partial charge in [0.05, 0.1) is 0 Å². The maximum Gasteiger partial charge on any atom is 0.0314 e. The Bertz CT molecular complexity index is 275. The molecule has 1 aromatic carbocycles. The number of hydrogen-bond acceptors (Lipinski definition) is 3. The van der Waals surface area contributed by atoms with Crippen LogP contribution in [0.2, 0.25) is 0 Å². The predicted octanol–water partition coefficient (Wildman–Crippen LogP) is 0.720. The number of anilines is 1. The van der Waals surface area contributed by atoms with Crippen LogP contribution >= 0.6 is 0 Å². The van der Waals surface area contributed by atoms with E-state index in [9.17, 15) is 0 Å². The molecule has 1 fully saturated rings. The third kappa shape index (κ3) is 2.47. The molecule has 14 heavy (non-hydrogen) atoms. The number of hydrogen-bond donors (Lipinski definition) is 3. The highest BCUT2D eigenvalue weighted by molar-refractivity contribution is 5.39. The molecule has 1 heterocycles. The van der Waals surface area contributed by atoms with Gasteiger partial charge in [0.15, 0.2) is 0 Å². The second-order valence-corrected chi connectivity index (χ2v) is 3.81. The van der Waals surface area contributed by atoms with Gasteiger partial charge in [0, 0.05) is 24.8 Å². The summed E-state index contributed by atoms with van der Waals surface area (Å²) in [5.41, 5.74) is 7.74. The first-order valence-electron chi connectivity index (χ1n) is 5.13. The molecule has 76 valence electrons. The average Bonchev–Trinajstić information content (AvgIpc) is 2.70. The summed E-state index contributed by atoms with van der Waals surface area (Å²) in [5, 5.41) is 6.85. The summed E-state index contributed by atoms with van der Waals surface area (Å²) in [4.78, 5) is 0. The van der Waals surface area contributed by atoms with Crippen molar-refractivity contribution in [3.8, 4) is 0 Å². The Balaban J connectivity index is 1.82. The second-order valence-electron chi connectivity index (χ2n) is 3.81. The van der Waals surface area contributed by atoms with Gasteiger partial charge in [-0.05, 0) is 30.7 Å². The second kappa shape index (κ2) is 4.44. The summed E-state index contributed by atoms with van der Waals surface area (Å²) in [6, 6.07) is 8.68. The van der Waals surface area contributed by atoms with E-state index >= 15 is 0 Å². The molecule has 3 nitrogen and oxygen atoms in total. The molecule has 1 aromatic rings. The van der Waals surface area contributed by atoms with E-state index in [1.165, 1.54) is 12.0 Å². The van der Waals surface area contributed by atoms with Gasteiger partial charge in [-0.1, -0.05) is 12.1 Å². The van der Waals surface area contributed by atoms with Gasteiger partial charge in [0.1, 0.15) is 0 Å². The van der Waals surface area contributed by atoms with Crippen molar-refractivity contribution >= 4 is 5.69 Å². The van der Waals surface area contributed by atoms with Crippen molar-refractivity contribution in [3.05, 3.63) is 29.8 Å². The van der Waals surface area contributed by atoms with Crippen LogP contribution in [-0.4, -0.2) is 19.1 Å². The fraction of sp³-hybridized carbons (Fsp3) is 0.455. The first kappa shape index (κ1) is 9.49. The van der Waals surface area contributed by atoms with Crippen LogP contribution in [-0.2, 0) is 6.54 Å². The van der Waals surface area contributed by atoms with Gasteiger partial charge >= 0.3 is 0 Å². The first-order valence-corrected chi connectivity index (χ1v) is 5.13. The zero-order valence-electron chi connectivity index (χ0n) is 8.29. The van der Waals surface area contributed by atoms with Crippen molar-refractivity contribution in [2.45, 2.75) is 19.0 Å². The lowest BCUT2D eigenvalue weighted by atomic mass is 10.2. The Morgan fingerprint density at radius 3 is 2.79 bits per heavy atom. The molecule has 2 rings (SSSR count). The smallest absolute Gasteiger partial charge is 0.0314 e. The third-order valence-electron chi connectivity index (χ3n) is 2.63. The Hall–Kier alpha value is -1.06. The molecule has 0 aliphatic carbocycles. The summed E-state index contributed by atoms with van der Waals surface area (Å²) in [6.07, 6.45) is 1.23. The number of rotatable bonds is 3. The number of nitrogens with one attached hydrogen (secondary N) is 2. The quantitative estimate of drug-likeness (QED) is 0.617. The van der Waals surface area contributed by atoms with Crippen LogP contribution in [0.4, 0.5) is 5.69 Å². The highest BCUT2D eigenvalue weighted by Gasteiger charge is 2.12. The molecule has 4 N–H and O–H groups in total. The van der Waals surface area contributed by atoms with Crippen molar-refractivity contribution in [1.29, 1.82) is 0 Å². The normalized spacial score (nSPS) is 21.3. The van der Waals surface area contributed by atoms with Crippen molar-refractivity contribution < 1.29 is 0 Å². The molecule has 1 saturated heterocycles. The lowest BCUT2D eigenvalue weighted by molar-refractivity contribution is 0.547. The maximum atomic E-state index is 5.61. The minimum atomic E-state index is 0.632. The van der Waals surface area contributed by atoms with E-state index in [2.05, 4.69) is 22.8 Å². The minimum Gasteiger partial charge on any atom is -0.399 e. The summed E-state index contributed by atoms with van der Waals surface area (Å²) >= 11 is 0. The molecular formula is C11H17N3. The zero-order valence-corrected chi connectivity index (χ0v) is 8.29. The van der Waals surface area contributed by atoms with Crippen molar-refractivity contribution in [3.63, 3.8) is 0 Å². The van der Waals surface area contributed by atoms with Gasteiger partial charge in [-0.15, -0.1) is 0 Å². The fourth-order valence-electron chi connectivity index (χ4n) is 1.73. The summed E-state index contributed by atoms with van der Waals surface area (Å²) in [7, 11) is 0. The molecular weight excluding hydrogens is 174 g/mol. The lowest BCUT2D eigenvalue weighted by Gasteiger charge is -2.10.